The Morgan fingerprint density at radius 1 is 0.917 bits per heavy atom. The Labute approximate surface area is 77.6 Å². The van der Waals surface area contributed by atoms with Gasteiger partial charge in [0.1, 0.15) is 0 Å². The molecular formula is C9H23NOSi. The second-order valence-electron chi connectivity index (χ2n) is 5.65. The molecule has 0 atom stereocenters. The molecular weight excluding hydrogens is 166 g/mol. The smallest absolute Gasteiger partial charge is 0.227 e. The Morgan fingerprint density at radius 2 is 1.17 bits per heavy atom. The van der Waals surface area contributed by atoms with Gasteiger partial charge < -0.3 is 4.53 Å². The van der Waals surface area contributed by atoms with E-state index in [2.05, 4.69) is 48.1 Å². The Hall–Kier alpha value is 0.137. The minimum atomic E-state index is -1.85. The van der Waals surface area contributed by atoms with Crippen molar-refractivity contribution < 1.29 is 4.53 Å². The first kappa shape index (κ1) is 12.1. The van der Waals surface area contributed by atoms with Crippen LogP contribution in [0.15, 0.2) is 0 Å². The van der Waals surface area contributed by atoms with E-state index in [0.717, 1.165) is 0 Å². The Kier molecular flexibility index (Phi) is 3.16. The average Bonchev–Trinajstić information content (AvgIpc) is 1.81. The number of hydrogen-bond acceptors (Lipinski definition) is 2. The molecule has 0 rings (SSSR count). The molecule has 0 saturated carbocycles. The molecule has 0 aliphatic heterocycles. The fourth-order valence-corrected chi connectivity index (χ4v) is 4.44. The molecule has 0 bridgehead atoms. The highest BCUT2D eigenvalue weighted by Crippen LogP contribution is 2.50. The second kappa shape index (κ2) is 3.12. The maximum absolute atomic E-state index is 5.44. The van der Waals surface area contributed by atoms with Crippen molar-refractivity contribution in [3.8, 4) is 0 Å². The van der Waals surface area contributed by atoms with Crippen molar-refractivity contribution in [3.63, 3.8) is 0 Å². The van der Waals surface area contributed by atoms with Gasteiger partial charge in [-0.3, -0.25) is 0 Å². The van der Waals surface area contributed by atoms with Crippen LogP contribution >= 0.6 is 0 Å². The van der Waals surface area contributed by atoms with Crippen LogP contribution in [0, 0.1) is 0 Å². The maximum atomic E-state index is 5.44. The Bertz CT molecular complexity index is 141. The van der Waals surface area contributed by atoms with Gasteiger partial charge in [0.15, 0.2) is 0 Å². The van der Waals surface area contributed by atoms with Gasteiger partial charge >= 0.3 is 0 Å². The molecule has 0 radical (unpaired) electrons. The number of hydrogen-bond donors (Lipinski definition) is 1. The van der Waals surface area contributed by atoms with Crippen molar-refractivity contribution in [3.05, 3.63) is 0 Å². The third kappa shape index (κ3) is 1.89. The van der Waals surface area contributed by atoms with Crippen molar-refractivity contribution in [1.29, 1.82) is 0 Å². The summed E-state index contributed by atoms with van der Waals surface area (Å²) in [7, 11) is -1.85. The first-order valence-corrected chi connectivity index (χ1v) is 6.85. The van der Waals surface area contributed by atoms with E-state index >= 15 is 0 Å². The van der Waals surface area contributed by atoms with Gasteiger partial charge in [0.25, 0.3) is 0 Å². The van der Waals surface area contributed by atoms with E-state index in [4.69, 9.17) is 10.4 Å². The van der Waals surface area contributed by atoms with Gasteiger partial charge in [0.2, 0.25) is 8.32 Å². The SMILES string of the molecule is CC(C)(C)[Si](C)(ON)C(C)(C)C. The number of rotatable bonds is 1. The molecule has 0 spiro atoms. The van der Waals surface area contributed by atoms with Crippen LogP contribution in [0.4, 0.5) is 0 Å². The molecule has 74 valence electrons. The van der Waals surface area contributed by atoms with Crippen LogP contribution in [-0.4, -0.2) is 8.32 Å². The Morgan fingerprint density at radius 3 is 1.17 bits per heavy atom. The highest BCUT2D eigenvalue weighted by molar-refractivity contribution is 6.78. The summed E-state index contributed by atoms with van der Waals surface area (Å²) in [6.45, 7) is 15.4. The van der Waals surface area contributed by atoms with Crippen molar-refractivity contribution in [1.82, 2.24) is 0 Å². The molecule has 12 heavy (non-hydrogen) atoms. The van der Waals surface area contributed by atoms with E-state index < -0.39 is 8.32 Å². The van der Waals surface area contributed by atoms with Gasteiger partial charge in [-0.1, -0.05) is 41.5 Å². The standard InChI is InChI=1S/C9H23NOSi/c1-8(2,3)12(7,11-10)9(4,5)6/h10H2,1-7H3. The van der Waals surface area contributed by atoms with E-state index in [1.54, 1.807) is 0 Å². The molecule has 0 heterocycles. The van der Waals surface area contributed by atoms with Crippen LogP contribution in [0.3, 0.4) is 0 Å². The summed E-state index contributed by atoms with van der Waals surface area (Å²) in [6, 6.07) is 0. The normalized spacial score (nSPS) is 15.0. The largest absolute Gasteiger partial charge is 0.347 e. The molecule has 0 aliphatic carbocycles. The average molecular weight is 189 g/mol. The molecule has 0 amide bonds. The molecule has 0 unspecified atom stereocenters. The summed E-state index contributed by atoms with van der Waals surface area (Å²) in [5, 5.41) is 0.361. The summed E-state index contributed by atoms with van der Waals surface area (Å²) < 4.78 is 5.31. The lowest BCUT2D eigenvalue weighted by molar-refractivity contribution is 0.272. The third-order valence-electron chi connectivity index (χ3n) is 3.10. The predicted octanol–water partition coefficient (Wildman–Crippen LogP) is 3.05. The predicted molar refractivity (Wildman–Crippen MR) is 56.3 cm³/mol. The Balaban J connectivity index is 4.95. The number of nitrogens with two attached hydrogens (primary N) is 1. The quantitative estimate of drug-likeness (QED) is 0.508. The van der Waals surface area contributed by atoms with Crippen LogP contribution < -0.4 is 5.90 Å². The van der Waals surface area contributed by atoms with E-state index in [1.165, 1.54) is 0 Å². The van der Waals surface area contributed by atoms with Crippen LogP contribution in [0.2, 0.25) is 16.6 Å². The van der Waals surface area contributed by atoms with Crippen molar-refractivity contribution in [2.24, 2.45) is 5.90 Å². The summed E-state index contributed by atoms with van der Waals surface area (Å²) >= 11 is 0. The van der Waals surface area contributed by atoms with Crippen LogP contribution in [0.5, 0.6) is 0 Å². The van der Waals surface area contributed by atoms with Crippen LogP contribution in [0.1, 0.15) is 41.5 Å². The van der Waals surface area contributed by atoms with Crippen molar-refractivity contribution in [2.75, 3.05) is 0 Å². The fraction of sp³-hybridized carbons (Fsp3) is 1.00. The topological polar surface area (TPSA) is 35.2 Å². The molecule has 3 heteroatoms. The lowest BCUT2D eigenvalue weighted by Gasteiger charge is -2.46. The minimum Gasteiger partial charge on any atom is -0.347 e. The molecule has 0 aliphatic rings. The van der Waals surface area contributed by atoms with Gasteiger partial charge in [-0.05, 0) is 16.6 Å². The van der Waals surface area contributed by atoms with E-state index in [0.29, 0.717) is 0 Å². The molecule has 0 aromatic carbocycles. The van der Waals surface area contributed by atoms with E-state index in [9.17, 15) is 0 Å². The third-order valence-corrected chi connectivity index (χ3v) is 9.29. The highest BCUT2D eigenvalue weighted by atomic mass is 28.4. The van der Waals surface area contributed by atoms with E-state index in [1.807, 2.05) is 0 Å². The van der Waals surface area contributed by atoms with Gasteiger partial charge in [-0.15, -0.1) is 0 Å². The molecule has 0 saturated heterocycles. The lowest BCUT2D eigenvalue weighted by atomic mass is 10.2. The van der Waals surface area contributed by atoms with E-state index in [-0.39, 0.29) is 10.1 Å². The molecule has 0 aromatic rings. The first-order valence-electron chi connectivity index (χ1n) is 4.44. The molecule has 0 fully saturated rings. The zero-order valence-corrected chi connectivity index (χ0v) is 10.5. The summed E-state index contributed by atoms with van der Waals surface area (Å²) in [5.74, 6) is 5.44. The van der Waals surface area contributed by atoms with Gasteiger partial charge in [0, 0.05) is 0 Å². The van der Waals surface area contributed by atoms with Crippen LogP contribution in [0.25, 0.3) is 0 Å². The maximum Gasteiger partial charge on any atom is 0.227 e. The van der Waals surface area contributed by atoms with Gasteiger partial charge in [-0.2, -0.15) is 0 Å². The minimum absolute atomic E-state index is 0.181. The monoisotopic (exact) mass is 189 g/mol. The van der Waals surface area contributed by atoms with Gasteiger partial charge in [0.05, 0.1) is 0 Å². The summed E-state index contributed by atoms with van der Waals surface area (Å²) in [6.07, 6.45) is 0. The zero-order chi connectivity index (χ0) is 10.2. The van der Waals surface area contributed by atoms with Crippen LogP contribution in [-0.2, 0) is 4.53 Å². The summed E-state index contributed by atoms with van der Waals surface area (Å²) in [4.78, 5) is 0. The highest BCUT2D eigenvalue weighted by Gasteiger charge is 2.51. The van der Waals surface area contributed by atoms with Crippen molar-refractivity contribution >= 4 is 8.32 Å². The van der Waals surface area contributed by atoms with Gasteiger partial charge in [-0.25, -0.2) is 5.90 Å². The molecule has 0 aromatic heterocycles. The summed E-state index contributed by atoms with van der Waals surface area (Å²) in [5.41, 5.74) is 0. The second-order valence-corrected chi connectivity index (χ2v) is 11.0. The lowest BCUT2D eigenvalue weighted by Crippen LogP contribution is -2.53. The molecule has 2 N–H and O–H groups in total. The zero-order valence-electron chi connectivity index (χ0n) is 9.49. The van der Waals surface area contributed by atoms with Crippen molar-refractivity contribution in [2.45, 2.75) is 58.2 Å². The fourth-order valence-electron chi connectivity index (χ4n) is 1.48. The first-order chi connectivity index (χ1) is 5.06. The molecule has 2 nitrogen and oxygen atoms in total.